The molecule has 0 aliphatic carbocycles. The number of benzene rings is 2. The molecule has 0 saturated heterocycles. The van der Waals surface area contributed by atoms with E-state index in [0.29, 0.717) is 5.82 Å². The second-order valence-electron chi connectivity index (χ2n) is 6.35. The van der Waals surface area contributed by atoms with Gasteiger partial charge in [-0.2, -0.15) is 4.98 Å². The largest absolute Gasteiger partial charge is 0.383 e. The predicted molar refractivity (Wildman–Crippen MR) is 107 cm³/mol. The van der Waals surface area contributed by atoms with Crippen LogP contribution in [-0.4, -0.2) is 19.5 Å². The molecule has 0 aliphatic heterocycles. The summed E-state index contributed by atoms with van der Waals surface area (Å²) in [5.41, 5.74) is 19.1. The highest BCUT2D eigenvalue weighted by atomic mass is 32.1. The highest BCUT2D eigenvalue weighted by molar-refractivity contribution is 7.16. The normalized spacial score (nSPS) is 11.7. The molecule has 3 aromatic heterocycles. The lowest BCUT2D eigenvalue weighted by atomic mass is 10.1. The number of aromatic nitrogens is 4. The molecule has 2 aromatic carbocycles. The molecule has 0 radical (unpaired) electrons. The molecule has 0 aliphatic rings. The van der Waals surface area contributed by atoms with Crippen molar-refractivity contribution in [3.05, 3.63) is 53.2 Å². The lowest BCUT2D eigenvalue weighted by Crippen LogP contribution is -2.03. The van der Waals surface area contributed by atoms with Crippen molar-refractivity contribution in [3.8, 4) is 0 Å². The summed E-state index contributed by atoms with van der Waals surface area (Å²) in [6, 6.07) is 12.5. The lowest BCUT2D eigenvalue weighted by Gasteiger charge is -2.10. The number of anilines is 2. The Labute approximate surface area is 153 Å². The van der Waals surface area contributed by atoms with Crippen LogP contribution in [0, 0.1) is 6.92 Å². The highest BCUT2D eigenvalue weighted by Crippen LogP contribution is 2.32. The first-order valence-electron chi connectivity index (χ1n) is 8.24. The molecule has 128 valence electrons. The summed E-state index contributed by atoms with van der Waals surface area (Å²) in [5.74, 6) is 0.609. The molecule has 4 N–H and O–H groups in total. The summed E-state index contributed by atoms with van der Waals surface area (Å²) in [6.45, 7) is 2.85. The molecular formula is C19H16N6S. The Kier molecular flexibility index (Phi) is 3.14. The molecule has 5 rings (SSSR count). The number of hydrogen-bond donors (Lipinski definition) is 2. The Morgan fingerprint density at radius 2 is 2.00 bits per heavy atom. The molecule has 0 bridgehead atoms. The number of aryl methyl sites for hydroxylation is 1. The van der Waals surface area contributed by atoms with Gasteiger partial charge in [0.25, 0.3) is 0 Å². The van der Waals surface area contributed by atoms with Gasteiger partial charge in [0.05, 0.1) is 33.2 Å². The van der Waals surface area contributed by atoms with Gasteiger partial charge in [-0.15, -0.1) is 11.3 Å². The van der Waals surface area contributed by atoms with E-state index in [2.05, 4.69) is 56.8 Å². The molecule has 5 aromatic rings. The van der Waals surface area contributed by atoms with E-state index in [4.69, 9.17) is 11.5 Å². The summed E-state index contributed by atoms with van der Waals surface area (Å²) in [7, 11) is 0. The minimum atomic E-state index is 0.195. The van der Waals surface area contributed by atoms with Gasteiger partial charge in [-0.1, -0.05) is 12.1 Å². The summed E-state index contributed by atoms with van der Waals surface area (Å²) >= 11 is 1.66. The van der Waals surface area contributed by atoms with Crippen molar-refractivity contribution < 1.29 is 0 Å². The number of nitrogens with zero attached hydrogens (tertiary/aromatic N) is 4. The van der Waals surface area contributed by atoms with Crippen LogP contribution in [-0.2, 0) is 6.54 Å². The van der Waals surface area contributed by atoms with Crippen molar-refractivity contribution in [2.75, 3.05) is 11.5 Å². The maximum atomic E-state index is 6.15. The second-order valence-corrected chi connectivity index (χ2v) is 7.23. The lowest BCUT2D eigenvalue weighted by molar-refractivity contribution is 0.809. The third-order valence-corrected chi connectivity index (χ3v) is 5.56. The maximum Gasteiger partial charge on any atom is 0.222 e. The topological polar surface area (TPSA) is 95.6 Å². The van der Waals surface area contributed by atoms with Crippen LogP contribution in [0.1, 0.15) is 11.3 Å². The zero-order chi connectivity index (χ0) is 17.8. The van der Waals surface area contributed by atoms with Gasteiger partial charge in [-0.25, -0.2) is 9.97 Å². The Balaban J connectivity index is 1.75. The van der Waals surface area contributed by atoms with Gasteiger partial charge in [0.2, 0.25) is 5.95 Å². The monoisotopic (exact) mass is 360 g/mol. The number of para-hydroxylation sites is 1. The minimum Gasteiger partial charge on any atom is -0.383 e. The van der Waals surface area contributed by atoms with Crippen LogP contribution in [0.4, 0.5) is 11.8 Å². The molecule has 3 heterocycles. The smallest absolute Gasteiger partial charge is 0.222 e. The van der Waals surface area contributed by atoms with Gasteiger partial charge in [0.1, 0.15) is 5.82 Å². The average molecular weight is 360 g/mol. The zero-order valence-corrected chi connectivity index (χ0v) is 14.9. The first kappa shape index (κ1) is 15.1. The van der Waals surface area contributed by atoms with Crippen molar-refractivity contribution in [2.45, 2.75) is 13.5 Å². The summed E-state index contributed by atoms with van der Waals surface area (Å²) in [4.78, 5) is 13.0. The van der Waals surface area contributed by atoms with Gasteiger partial charge in [-0.3, -0.25) is 0 Å². The fraction of sp³-hybridized carbons (Fsp3) is 0.105. The number of fused-ring (bicyclic) bond motifs is 4. The van der Waals surface area contributed by atoms with Crippen LogP contribution in [0.25, 0.3) is 32.0 Å². The molecule has 0 atom stereocenters. The Hall–Kier alpha value is -3.19. The number of hydrogen-bond acceptors (Lipinski definition) is 6. The van der Waals surface area contributed by atoms with Crippen LogP contribution in [0.2, 0.25) is 0 Å². The van der Waals surface area contributed by atoms with Gasteiger partial charge < -0.3 is 16.0 Å². The third kappa shape index (κ3) is 2.14. The van der Waals surface area contributed by atoms with Crippen LogP contribution >= 0.6 is 11.3 Å². The molecule has 26 heavy (non-hydrogen) atoms. The Morgan fingerprint density at radius 1 is 1.12 bits per heavy atom. The van der Waals surface area contributed by atoms with E-state index in [1.54, 1.807) is 11.3 Å². The average Bonchev–Trinajstić information content (AvgIpc) is 3.20. The van der Waals surface area contributed by atoms with Crippen molar-refractivity contribution in [1.82, 2.24) is 19.5 Å². The second kappa shape index (κ2) is 5.40. The summed E-state index contributed by atoms with van der Waals surface area (Å²) in [5, 5.41) is 1.90. The first-order chi connectivity index (χ1) is 12.6. The van der Waals surface area contributed by atoms with Crippen molar-refractivity contribution in [2.24, 2.45) is 0 Å². The molecule has 7 heteroatoms. The van der Waals surface area contributed by atoms with E-state index >= 15 is 0 Å². The molecular weight excluding hydrogens is 344 g/mol. The van der Waals surface area contributed by atoms with E-state index in [0.717, 1.165) is 39.6 Å². The molecule has 0 saturated carbocycles. The van der Waals surface area contributed by atoms with Gasteiger partial charge in [-0.05, 0) is 36.8 Å². The Bertz CT molecular complexity index is 1300. The van der Waals surface area contributed by atoms with E-state index < -0.39 is 0 Å². The Morgan fingerprint density at radius 3 is 2.88 bits per heavy atom. The van der Waals surface area contributed by atoms with Crippen molar-refractivity contribution in [3.63, 3.8) is 0 Å². The fourth-order valence-corrected chi connectivity index (χ4v) is 4.32. The zero-order valence-electron chi connectivity index (χ0n) is 14.1. The maximum absolute atomic E-state index is 6.15. The fourth-order valence-electron chi connectivity index (χ4n) is 3.60. The van der Waals surface area contributed by atoms with E-state index in [1.807, 2.05) is 11.6 Å². The molecule has 0 spiro atoms. The van der Waals surface area contributed by atoms with E-state index in [9.17, 15) is 0 Å². The van der Waals surface area contributed by atoms with Gasteiger partial charge in [0, 0.05) is 16.6 Å². The standard InChI is InChI=1S/C19H16N6S/c1-10-7-12-14(6-5-13-16(12)18(20)24-19(21)23-13)25(10)8-11-3-2-4-15-17(11)22-9-26-15/h2-7,9H,8H2,1H3,(H4,20,21,23,24). The molecule has 0 fully saturated rings. The predicted octanol–water partition coefficient (Wildman–Crippen LogP) is 3.72. The van der Waals surface area contributed by atoms with Gasteiger partial charge >= 0.3 is 0 Å². The summed E-state index contributed by atoms with van der Waals surface area (Å²) in [6.07, 6.45) is 0. The van der Waals surface area contributed by atoms with Gasteiger partial charge in [0.15, 0.2) is 0 Å². The molecule has 0 unspecified atom stereocenters. The van der Waals surface area contributed by atoms with E-state index in [1.165, 1.54) is 10.3 Å². The first-order valence-corrected chi connectivity index (χ1v) is 9.12. The van der Waals surface area contributed by atoms with Crippen LogP contribution in [0.3, 0.4) is 0 Å². The molecule has 6 nitrogen and oxygen atoms in total. The minimum absolute atomic E-state index is 0.195. The van der Waals surface area contributed by atoms with Crippen LogP contribution in [0.15, 0.2) is 41.9 Å². The third-order valence-electron chi connectivity index (χ3n) is 4.77. The van der Waals surface area contributed by atoms with Crippen molar-refractivity contribution >= 4 is 55.1 Å². The SMILES string of the molecule is Cc1cc2c3c(N)nc(N)nc3ccc2n1Cc1cccc2scnc12. The van der Waals surface area contributed by atoms with E-state index in [-0.39, 0.29) is 5.95 Å². The number of thiazole rings is 1. The highest BCUT2D eigenvalue weighted by Gasteiger charge is 2.14. The quantitative estimate of drug-likeness (QED) is 0.500. The number of rotatable bonds is 2. The number of nitrogen functional groups attached to an aromatic ring is 2. The van der Waals surface area contributed by atoms with Crippen LogP contribution < -0.4 is 11.5 Å². The molecule has 0 amide bonds. The summed E-state index contributed by atoms with van der Waals surface area (Å²) < 4.78 is 3.48. The van der Waals surface area contributed by atoms with Crippen LogP contribution in [0.5, 0.6) is 0 Å². The number of nitrogens with two attached hydrogens (primary N) is 2. The van der Waals surface area contributed by atoms with Crippen molar-refractivity contribution in [1.29, 1.82) is 0 Å².